The predicted molar refractivity (Wildman–Crippen MR) is 80.8 cm³/mol. The third-order valence-electron chi connectivity index (χ3n) is 2.98. The molecule has 102 valence electrons. The van der Waals surface area contributed by atoms with E-state index in [-0.39, 0.29) is 17.8 Å². The summed E-state index contributed by atoms with van der Waals surface area (Å²) >= 11 is 0. The molecule has 0 aromatic heterocycles. The molecule has 0 bridgehead atoms. The summed E-state index contributed by atoms with van der Waals surface area (Å²) in [5, 5.41) is 13.2. The van der Waals surface area contributed by atoms with E-state index in [1.807, 2.05) is 67.6 Å². The summed E-state index contributed by atoms with van der Waals surface area (Å²) in [6, 6.07) is 18.8. The number of guanidine groups is 1. The van der Waals surface area contributed by atoms with Gasteiger partial charge in [-0.05, 0) is 24.6 Å². The lowest BCUT2D eigenvalue weighted by Gasteiger charge is -2.14. The van der Waals surface area contributed by atoms with Crippen LogP contribution in [0.1, 0.15) is 18.4 Å². The SMILES string of the molecule is C[C@H](C(=O)NC(=N)Nc1ccccc1)c1ccccc1. The van der Waals surface area contributed by atoms with Crippen LogP contribution in [0.25, 0.3) is 0 Å². The number of hydrogen-bond acceptors (Lipinski definition) is 2. The molecule has 1 atom stereocenters. The molecule has 0 heterocycles. The normalized spacial score (nSPS) is 11.4. The van der Waals surface area contributed by atoms with E-state index in [9.17, 15) is 4.79 Å². The van der Waals surface area contributed by atoms with Crippen LogP contribution in [-0.4, -0.2) is 11.9 Å². The molecule has 0 unspecified atom stereocenters. The molecule has 0 spiro atoms. The Kier molecular flexibility index (Phi) is 4.50. The first-order valence-electron chi connectivity index (χ1n) is 6.43. The second kappa shape index (κ2) is 6.52. The van der Waals surface area contributed by atoms with Gasteiger partial charge in [-0.15, -0.1) is 0 Å². The average Bonchev–Trinajstić information content (AvgIpc) is 2.48. The van der Waals surface area contributed by atoms with Crippen LogP contribution in [0.3, 0.4) is 0 Å². The third-order valence-corrected chi connectivity index (χ3v) is 2.98. The molecular formula is C16H17N3O. The lowest BCUT2D eigenvalue weighted by atomic mass is 10.0. The van der Waals surface area contributed by atoms with Crippen LogP contribution in [0.2, 0.25) is 0 Å². The van der Waals surface area contributed by atoms with Gasteiger partial charge in [-0.25, -0.2) is 0 Å². The first-order valence-corrected chi connectivity index (χ1v) is 6.43. The Morgan fingerprint density at radius 2 is 1.55 bits per heavy atom. The first-order chi connectivity index (χ1) is 9.66. The number of carbonyl (C=O) groups excluding carboxylic acids is 1. The largest absolute Gasteiger partial charge is 0.326 e. The van der Waals surface area contributed by atoms with E-state index in [0.29, 0.717) is 0 Å². The zero-order valence-corrected chi connectivity index (χ0v) is 11.3. The molecule has 1 amide bonds. The maximum Gasteiger partial charge on any atom is 0.233 e. The topological polar surface area (TPSA) is 65.0 Å². The summed E-state index contributed by atoms with van der Waals surface area (Å²) < 4.78 is 0. The van der Waals surface area contributed by atoms with Gasteiger partial charge in [0.25, 0.3) is 0 Å². The van der Waals surface area contributed by atoms with Crippen LogP contribution in [0.4, 0.5) is 5.69 Å². The maximum atomic E-state index is 12.1. The van der Waals surface area contributed by atoms with Gasteiger partial charge in [-0.2, -0.15) is 0 Å². The monoisotopic (exact) mass is 267 g/mol. The van der Waals surface area contributed by atoms with Crippen molar-refractivity contribution in [3.63, 3.8) is 0 Å². The van der Waals surface area contributed by atoms with Gasteiger partial charge in [0.05, 0.1) is 5.92 Å². The van der Waals surface area contributed by atoms with Gasteiger partial charge in [0.2, 0.25) is 5.91 Å². The molecule has 0 aliphatic rings. The fourth-order valence-corrected chi connectivity index (χ4v) is 1.82. The van der Waals surface area contributed by atoms with Gasteiger partial charge < -0.3 is 5.32 Å². The van der Waals surface area contributed by atoms with Crippen molar-refractivity contribution in [2.75, 3.05) is 5.32 Å². The van der Waals surface area contributed by atoms with Gasteiger partial charge in [-0.3, -0.25) is 15.5 Å². The van der Waals surface area contributed by atoms with Gasteiger partial charge >= 0.3 is 0 Å². The van der Waals surface area contributed by atoms with Crippen molar-refractivity contribution in [3.8, 4) is 0 Å². The Morgan fingerprint density at radius 3 is 2.15 bits per heavy atom. The van der Waals surface area contributed by atoms with E-state index in [2.05, 4.69) is 10.6 Å². The summed E-state index contributed by atoms with van der Waals surface area (Å²) in [7, 11) is 0. The minimum absolute atomic E-state index is 0.0241. The first kappa shape index (κ1) is 13.8. The van der Waals surface area contributed by atoms with E-state index >= 15 is 0 Å². The molecule has 0 saturated heterocycles. The standard InChI is InChI=1S/C16H17N3O/c1-12(13-8-4-2-5-9-13)15(20)19-16(17)18-14-10-6-3-7-11-14/h2-12H,1H3,(H3,17,18,19,20)/t12-/m0/s1. The van der Waals surface area contributed by atoms with E-state index in [4.69, 9.17) is 5.41 Å². The molecule has 4 nitrogen and oxygen atoms in total. The molecule has 0 fully saturated rings. The molecule has 0 saturated carbocycles. The maximum absolute atomic E-state index is 12.1. The summed E-state index contributed by atoms with van der Waals surface area (Å²) in [6.07, 6.45) is 0. The van der Waals surface area contributed by atoms with Crippen LogP contribution in [0, 0.1) is 5.41 Å². The fraction of sp³-hybridized carbons (Fsp3) is 0.125. The zero-order valence-electron chi connectivity index (χ0n) is 11.3. The molecular weight excluding hydrogens is 250 g/mol. The Morgan fingerprint density at radius 1 is 1.00 bits per heavy atom. The van der Waals surface area contributed by atoms with Crippen molar-refractivity contribution < 1.29 is 4.79 Å². The van der Waals surface area contributed by atoms with Gasteiger partial charge in [0.1, 0.15) is 0 Å². The second-order valence-corrected chi connectivity index (χ2v) is 4.49. The molecule has 4 heteroatoms. The van der Waals surface area contributed by atoms with Gasteiger partial charge in [0, 0.05) is 5.69 Å². The number of anilines is 1. The van der Waals surface area contributed by atoms with Crippen molar-refractivity contribution in [2.24, 2.45) is 0 Å². The number of nitrogens with one attached hydrogen (secondary N) is 3. The van der Waals surface area contributed by atoms with Crippen molar-refractivity contribution >= 4 is 17.6 Å². The molecule has 2 aromatic carbocycles. The Bertz CT molecular complexity index is 581. The van der Waals surface area contributed by atoms with E-state index in [0.717, 1.165) is 11.3 Å². The van der Waals surface area contributed by atoms with Crippen LogP contribution in [-0.2, 0) is 4.79 Å². The molecule has 0 aliphatic carbocycles. The lowest BCUT2D eigenvalue weighted by molar-refractivity contribution is -0.120. The fourth-order valence-electron chi connectivity index (χ4n) is 1.82. The highest BCUT2D eigenvalue weighted by Crippen LogP contribution is 2.14. The lowest BCUT2D eigenvalue weighted by Crippen LogP contribution is -2.37. The average molecular weight is 267 g/mol. The molecule has 3 N–H and O–H groups in total. The minimum atomic E-state index is -0.297. The molecule has 2 rings (SSSR count). The Hall–Kier alpha value is -2.62. The smallest absolute Gasteiger partial charge is 0.233 e. The molecule has 0 aliphatic heterocycles. The van der Waals surface area contributed by atoms with Gasteiger partial charge in [-0.1, -0.05) is 48.5 Å². The summed E-state index contributed by atoms with van der Waals surface area (Å²) in [4.78, 5) is 12.1. The molecule has 20 heavy (non-hydrogen) atoms. The number of benzene rings is 2. The number of carbonyl (C=O) groups is 1. The number of rotatable bonds is 3. The van der Waals surface area contributed by atoms with Crippen LogP contribution in [0.15, 0.2) is 60.7 Å². The highest BCUT2D eigenvalue weighted by molar-refractivity contribution is 6.04. The van der Waals surface area contributed by atoms with Gasteiger partial charge in [0.15, 0.2) is 5.96 Å². The van der Waals surface area contributed by atoms with E-state index < -0.39 is 0 Å². The summed E-state index contributed by atoms with van der Waals surface area (Å²) in [5.41, 5.74) is 1.70. The van der Waals surface area contributed by atoms with E-state index in [1.165, 1.54) is 0 Å². The summed E-state index contributed by atoms with van der Waals surface area (Å²) in [6.45, 7) is 1.82. The van der Waals surface area contributed by atoms with Crippen molar-refractivity contribution in [1.29, 1.82) is 5.41 Å². The molecule has 0 radical (unpaired) electrons. The van der Waals surface area contributed by atoms with Crippen molar-refractivity contribution in [2.45, 2.75) is 12.8 Å². The highest BCUT2D eigenvalue weighted by Gasteiger charge is 2.15. The van der Waals surface area contributed by atoms with Crippen molar-refractivity contribution in [1.82, 2.24) is 5.32 Å². The van der Waals surface area contributed by atoms with Crippen LogP contribution < -0.4 is 10.6 Å². The van der Waals surface area contributed by atoms with Crippen LogP contribution in [0.5, 0.6) is 0 Å². The Labute approximate surface area is 118 Å². The highest BCUT2D eigenvalue weighted by atomic mass is 16.2. The number of amides is 1. The molecule has 2 aromatic rings. The summed E-state index contributed by atoms with van der Waals surface area (Å²) in [5.74, 6) is -0.525. The second-order valence-electron chi connectivity index (χ2n) is 4.49. The predicted octanol–water partition coefficient (Wildman–Crippen LogP) is 2.95. The van der Waals surface area contributed by atoms with Crippen molar-refractivity contribution in [3.05, 3.63) is 66.2 Å². The third kappa shape index (κ3) is 3.68. The zero-order chi connectivity index (χ0) is 14.4. The quantitative estimate of drug-likeness (QED) is 0.591. The van der Waals surface area contributed by atoms with E-state index in [1.54, 1.807) is 0 Å². The number of hydrogen-bond donors (Lipinski definition) is 3. The van der Waals surface area contributed by atoms with Crippen LogP contribution >= 0.6 is 0 Å². The minimum Gasteiger partial charge on any atom is -0.326 e. The Balaban J connectivity index is 1.93. The number of para-hydroxylation sites is 1.